The summed E-state index contributed by atoms with van der Waals surface area (Å²) in [6, 6.07) is 0. The molecule has 0 aliphatic carbocycles. The highest BCUT2D eigenvalue weighted by atomic mass is 35.5. The van der Waals surface area contributed by atoms with Gasteiger partial charge < -0.3 is 10.6 Å². The Morgan fingerprint density at radius 2 is 1.89 bits per heavy atom. The van der Waals surface area contributed by atoms with Crippen LogP contribution in [0.5, 0.6) is 0 Å². The number of hydrogen-bond acceptors (Lipinski definition) is 3. The predicted molar refractivity (Wildman–Crippen MR) is 75.4 cm³/mol. The van der Waals surface area contributed by atoms with E-state index in [4.69, 9.17) is 11.6 Å². The number of nitrogens with one attached hydrogen (secondary N) is 2. The fourth-order valence-electron chi connectivity index (χ4n) is 3.12. The van der Waals surface area contributed by atoms with Crippen LogP contribution in [0.4, 0.5) is 0 Å². The topological polar surface area (TPSA) is 27.3 Å². The van der Waals surface area contributed by atoms with Crippen molar-refractivity contribution in [3.05, 3.63) is 22.4 Å². The molecule has 1 fully saturated rings. The van der Waals surface area contributed by atoms with Gasteiger partial charge in [0.15, 0.2) is 0 Å². The van der Waals surface area contributed by atoms with E-state index < -0.39 is 0 Å². The molecule has 3 aliphatic heterocycles. The molecule has 0 aromatic carbocycles. The third kappa shape index (κ3) is 2.58. The molecular weight excluding hydrogens is 246 g/mol. The number of piperidine rings is 1. The van der Waals surface area contributed by atoms with Crippen molar-refractivity contribution < 1.29 is 0 Å². The van der Waals surface area contributed by atoms with Gasteiger partial charge in [-0.2, -0.15) is 0 Å². The first-order valence-electron chi connectivity index (χ1n) is 7.15. The molecule has 0 bridgehead atoms. The first-order valence-corrected chi connectivity index (χ1v) is 7.53. The summed E-state index contributed by atoms with van der Waals surface area (Å²) in [7, 11) is 0. The molecular formula is C14H22ClN3. The van der Waals surface area contributed by atoms with E-state index in [0.29, 0.717) is 0 Å². The van der Waals surface area contributed by atoms with Crippen molar-refractivity contribution in [3.8, 4) is 0 Å². The zero-order chi connectivity index (χ0) is 12.4. The van der Waals surface area contributed by atoms with E-state index in [0.717, 1.165) is 31.0 Å². The molecule has 0 spiro atoms. The SMILES string of the molecule is ClC1=CC2=C(CCNCC2)NC1N1CCCCC1. The number of halogens is 1. The van der Waals surface area contributed by atoms with E-state index >= 15 is 0 Å². The summed E-state index contributed by atoms with van der Waals surface area (Å²) in [6.45, 7) is 4.48. The quantitative estimate of drug-likeness (QED) is 0.763. The molecule has 0 aromatic rings. The molecule has 1 saturated heterocycles. The molecule has 3 aliphatic rings. The van der Waals surface area contributed by atoms with E-state index in [1.54, 1.807) is 0 Å². The van der Waals surface area contributed by atoms with Gasteiger partial charge in [-0.05, 0) is 43.9 Å². The standard InChI is InChI=1S/C14H22ClN3/c15-12-10-11-4-6-16-7-5-13(11)17-14(12)18-8-2-1-3-9-18/h10,14,16-17H,1-9H2. The van der Waals surface area contributed by atoms with Crippen LogP contribution in [0.2, 0.25) is 0 Å². The van der Waals surface area contributed by atoms with Gasteiger partial charge >= 0.3 is 0 Å². The van der Waals surface area contributed by atoms with E-state index in [-0.39, 0.29) is 6.17 Å². The number of allylic oxidation sites excluding steroid dienone is 1. The predicted octanol–water partition coefficient (Wildman–Crippen LogP) is 2.16. The van der Waals surface area contributed by atoms with Gasteiger partial charge in [0.2, 0.25) is 0 Å². The molecule has 2 N–H and O–H groups in total. The molecule has 0 amide bonds. The Labute approximate surface area is 114 Å². The second kappa shape index (κ2) is 5.64. The molecule has 0 radical (unpaired) electrons. The highest BCUT2D eigenvalue weighted by molar-refractivity contribution is 6.30. The largest absolute Gasteiger partial charge is 0.368 e. The Bertz CT molecular complexity index is 369. The minimum atomic E-state index is 0.226. The van der Waals surface area contributed by atoms with Gasteiger partial charge in [0.1, 0.15) is 6.17 Å². The number of dihydropyridines is 1. The summed E-state index contributed by atoms with van der Waals surface area (Å²) in [5, 5.41) is 8.10. The zero-order valence-electron chi connectivity index (χ0n) is 10.8. The van der Waals surface area contributed by atoms with Crippen molar-refractivity contribution >= 4 is 11.6 Å². The average Bonchev–Trinajstić information content (AvgIpc) is 2.63. The van der Waals surface area contributed by atoms with E-state index in [9.17, 15) is 0 Å². The number of nitrogens with zero attached hydrogens (tertiary/aromatic N) is 1. The average molecular weight is 268 g/mol. The molecule has 3 rings (SSSR count). The lowest BCUT2D eigenvalue weighted by atomic mass is 10.0. The first-order chi connectivity index (χ1) is 8.84. The summed E-state index contributed by atoms with van der Waals surface area (Å²) in [4.78, 5) is 2.49. The third-order valence-electron chi connectivity index (χ3n) is 4.15. The number of likely N-dealkylation sites (tertiary alicyclic amines) is 1. The van der Waals surface area contributed by atoms with Crippen molar-refractivity contribution in [1.29, 1.82) is 0 Å². The highest BCUT2D eigenvalue weighted by Gasteiger charge is 2.28. The summed E-state index contributed by atoms with van der Waals surface area (Å²) >= 11 is 6.49. The summed E-state index contributed by atoms with van der Waals surface area (Å²) in [5.41, 5.74) is 2.80. The molecule has 4 heteroatoms. The molecule has 0 aromatic heterocycles. The molecule has 100 valence electrons. The molecule has 18 heavy (non-hydrogen) atoms. The van der Waals surface area contributed by atoms with Crippen LogP contribution < -0.4 is 10.6 Å². The van der Waals surface area contributed by atoms with Gasteiger partial charge in [-0.1, -0.05) is 18.0 Å². The van der Waals surface area contributed by atoms with E-state index in [2.05, 4.69) is 21.6 Å². The summed E-state index contributed by atoms with van der Waals surface area (Å²) in [6.07, 6.45) is 8.59. The van der Waals surface area contributed by atoms with E-state index in [1.165, 1.54) is 43.6 Å². The van der Waals surface area contributed by atoms with Gasteiger partial charge in [-0.25, -0.2) is 0 Å². The summed E-state index contributed by atoms with van der Waals surface area (Å²) < 4.78 is 0. The van der Waals surface area contributed by atoms with Crippen LogP contribution in [0.15, 0.2) is 22.4 Å². The van der Waals surface area contributed by atoms with Gasteiger partial charge in [0.05, 0.1) is 5.03 Å². The lowest BCUT2D eigenvalue weighted by Gasteiger charge is -2.38. The Hall–Kier alpha value is -0.510. The van der Waals surface area contributed by atoms with Crippen LogP contribution in [0, 0.1) is 0 Å². The monoisotopic (exact) mass is 267 g/mol. The number of rotatable bonds is 1. The van der Waals surface area contributed by atoms with Gasteiger partial charge in [-0.3, -0.25) is 4.90 Å². The maximum atomic E-state index is 6.49. The van der Waals surface area contributed by atoms with Crippen LogP contribution in [-0.4, -0.2) is 37.2 Å². The maximum Gasteiger partial charge on any atom is 0.116 e. The number of hydrogen-bond donors (Lipinski definition) is 2. The summed E-state index contributed by atoms with van der Waals surface area (Å²) in [5.74, 6) is 0. The molecule has 1 atom stereocenters. The highest BCUT2D eigenvalue weighted by Crippen LogP contribution is 2.28. The van der Waals surface area contributed by atoms with Crippen molar-refractivity contribution in [1.82, 2.24) is 15.5 Å². The molecule has 3 heterocycles. The smallest absolute Gasteiger partial charge is 0.116 e. The first kappa shape index (κ1) is 12.5. The van der Waals surface area contributed by atoms with Crippen LogP contribution in [-0.2, 0) is 0 Å². The molecule has 3 nitrogen and oxygen atoms in total. The lowest BCUT2D eigenvalue weighted by molar-refractivity contribution is 0.169. The maximum absolute atomic E-state index is 6.49. The minimum Gasteiger partial charge on any atom is -0.368 e. The van der Waals surface area contributed by atoms with Crippen molar-refractivity contribution in [3.63, 3.8) is 0 Å². The van der Waals surface area contributed by atoms with Crippen molar-refractivity contribution in [2.75, 3.05) is 26.2 Å². The second-order valence-corrected chi connectivity index (χ2v) is 5.86. The van der Waals surface area contributed by atoms with E-state index in [1.807, 2.05) is 0 Å². The second-order valence-electron chi connectivity index (χ2n) is 5.43. The normalized spacial score (nSPS) is 30.3. The van der Waals surface area contributed by atoms with Crippen LogP contribution in [0.3, 0.4) is 0 Å². The van der Waals surface area contributed by atoms with Crippen molar-refractivity contribution in [2.45, 2.75) is 38.3 Å². The minimum absolute atomic E-state index is 0.226. The molecule has 1 unspecified atom stereocenters. The van der Waals surface area contributed by atoms with Crippen LogP contribution in [0.1, 0.15) is 32.1 Å². The Morgan fingerprint density at radius 1 is 1.11 bits per heavy atom. The van der Waals surface area contributed by atoms with Gasteiger partial charge in [0, 0.05) is 25.3 Å². The Balaban J connectivity index is 1.75. The lowest BCUT2D eigenvalue weighted by Crippen LogP contribution is -2.49. The fourth-order valence-corrected chi connectivity index (χ4v) is 3.44. The Kier molecular flexibility index (Phi) is 3.92. The molecule has 0 saturated carbocycles. The zero-order valence-corrected chi connectivity index (χ0v) is 11.6. The van der Waals surface area contributed by atoms with Gasteiger partial charge in [-0.15, -0.1) is 0 Å². The van der Waals surface area contributed by atoms with Gasteiger partial charge in [0.25, 0.3) is 0 Å². The third-order valence-corrected chi connectivity index (χ3v) is 4.47. The fraction of sp³-hybridized carbons (Fsp3) is 0.714. The van der Waals surface area contributed by atoms with Crippen molar-refractivity contribution in [2.24, 2.45) is 0 Å². The Morgan fingerprint density at radius 3 is 2.72 bits per heavy atom. The van der Waals surface area contributed by atoms with Crippen LogP contribution in [0.25, 0.3) is 0 Å². The van der Waals surface area contributed by atoms with Crippen LogP contribution >= 0.6 is 11.6 Å².